The molecule has 2 aliphatic heterocycles. The molecule has 0 radical (unpaired) electrons. The smallest absolute Gasteiger partial charge is 0.200 e. The minimum Gasteiger partial charge on any atom is -0.295 e. The van der Waals surface area contributed by atoms with Crippen LogP contribution in [-0.2, 0) is 4.79 Å². The van der Waals surface area contributed by atoms with Gasteiger partial charge in [0.25, 0.3) is 0 Å². The topological polar surface area (TPSA) is 48.3 Å². The fraction of sp³-hybridized carbons (Fsp3) is 0.562. The number of halogens is 1. The van der Waals surface area contributed by atoms with E-state index in [-0.39, 0.29) is 11.8 Å². The predicted octanol–water partition coefficient (Wildman–Crippen LogP) is 3.55. The number of hydrogen-bond donors (Lipinski definition) is 0. The summed E-state index contributed by atoms with van der Waals surface area (Å²) in [6, 6.07) is 7.96. The maximum Gasteiger partial charge on any atom is 0.200 e. The number of hydrogen-bond acceptors (Lipinski definition) is 5. The molecule has 0 unspecified atom stereocenters. The lowest BCUT2D eigenvalue weighted by atomic mass is 9.81. The molecule has 3 aliphatic rings. The molecule has 0 N–H and O–H groups in total. The highest BCUT2D eigenvalue weighted by Gasteiger charge is 2.60. The van der Waals surface area contributed by atoms with E-state index in [1.807, 2.05) is 29.3 Å². The first-order valence-electron chi connectivity index (χ1n) is 7.98. The quantitative estimate of drug-likeness (QED) is 0.808. The number of carbonyl (C=O) groups excluding carboxylic acids is 1. The van der Waals surface area contributed by atoms with Crippen molar-refractivity contribution in [1.82, 2.24) is 4.90 Å². The van der Waals surface area contributed by atoms with E-state index in [1.54, 1.807) is 0 Å². The van der Waals surface area contributed by atoms with Gasteiger partial charge in [-0.1, -0.05) is 21.2 Å². The monoisotopic (exact) mass is 362 g/mol. The molecular formula is C16H19BrN4O. The summed E-state index contributed by atoms with van der Waals surface area (Å²) in [4.78, 5) is 15.3. The first kappa shape index (κ1) is 14.3. The molecule has 0 spiro atoms. The third-order valence-electron chi connectivity index (χ3n) is 5.02. The van der Waals surface area contributed by atoms with Crippen molar-refractivity contribution in [3.05, 3.63) is 28.7 Å². The summed E-state index contributed by atoms with van der Waals surface area (Å²) in [5.41, 5.74) is 0.263. The van der Waals surface area contributed by atoms with Crippen molar-refractivity contribution in [1.29, 1.82) is 0 Å². The maximum atomic E-state index is 13.0. The zero-order valence-electron chi connectivity index (χ0n) is 12.4. The number of rotatable bonds is 2. The van der Waals surface area contributed by atoms with Crippen molar-refractivity contribution in [2.75, 3.05) is 18.1 Å². The molecule has 4 rings (SSSR count). The normalized spacial score (nSPS) is 31.8. The van der Waals surface area contributed by atoms with E-state index in [1.165, 1.54) is 0 Å². The van der Waals surface area contributed by atoms with E-state index < -0.39 is 5.66 Å². The SMILES string of the molecule is O=C1CCC[C@H]2N=NN(c3ccc(Br)cc3)[C@@]12N1CCCC1. The lowest BCUT2D eigenvalue weighted by Crippen LogP contribution is -2.68. The van der Waals surface area contributed by atoms with Crippen molar-refractivity contribution < 1.29 is 4.79 Å². The molecule has 1 aliphatic carbocycles. The molecule has 2 heterocycles. The Morgan fingerprint density at radius 2 is 1.86 bits per heavy atom. The van der Waals surface area contributed by atoms with Crippen LogP contribution >= 0.6 is 15.9 Å². The second kappa shape index (κ2) is 5.42. The van der Waals surface area contributed by atoms with E-state index in [9.17, 15) is 4.79 Å². The highest BCUT2D eigenvalue weighted by atomic mass is 79.9. The summed E-state index contributed by atoms with van der Waals surface area (Å²) in [6.45, 7) is 1.92. The molecule has 0 bridgehead atoms. The van der Waals surface area contributed by atoms with Gasteiger partial charge in [0.05, 0.1) is 5.69 Å². The van der Waals surface area contributed by atoms with Gasteiger partial charge in [-0.15, -0.1) is 0 Å². The molecule has 2 atom stereocenters. The van der Waals surface area contributed by atoms with Crippen molar-refractivity contribution in [3.63, 3.8) is 0 Å². The number of benzene rings is 1. The fourth-order valence-electron chi connectivity index (χ4n) is 4.02. The highest BCUT2D eigenvalue weighted by Crippen LogP contribution is 2.44. The predicted molar refractivity (Wildman–Crippen MR) is 87.7 cm³/mol. The molecule has 6 heteroatoms. The summed E-state index contributed by atoms with van der Waals surface area (Å²) in [7, 11) is 0. The number of nitrogens with zero attached hydrogens (tertiary/aromatic N) is 4. The first-order valence-corrected chi connectivity index (χ1v) is 8.77. The number of likely N-dealkylation sites (tertiary alicyclic amines) is 1. The number of carbonyl (C=O) groups is 1. The van der Waals surface area contributed by atoms with E-state index in [4.69, 9.17) is 0 Å². The molecule has 116 valence electrons. The van der Waals surface area contributed by atoms with Crippen LogP contribution in [-0.4, -0.2) is 35.5 Å². The minimum absolute atomic E-state index is 0.0319. The zero-order chi connectivity index (χ0) is 15.2. The highest BCUT2D eigenvalue weighted by molar-refractivity contribution is 9.10. The number of anilines is 1. The van der Waals surface area contributed by atoms with Crippen LogP contribution in [0.5, 0.6) is 0 Å². The van der Waals surface area contributed by atoms with Gasteiger partial charge in [0.2, 0.25) is 0 Å². The summed E-state index contributed by atoms with van der Waals surface area (Å²) in [6.07, 6.45) is 4.79. The van der Waals surface area contributed by atoms with Crippen LogP contribution in [0.15, 0.2) is 39.1 Å². The number of ketones is 1. The van der Waals surface area contributed by atoms with Gasteiger partial charge >= 0.3 is 0 Å². The first-order chi connectivity index (χ1) is 10.7. The second-order valence-electron chi connectivity index (χ2n) is 6.24. The molecule has 1 saturated carbocycles. The van der Waals surface area contributed by atoms with E-state index in [0.717, 1.165) is 48.9 Å². The van der Waals surface area contributed by atoms with Crippen LogP contribution in [0.2, 0.25) is 0 Å². The molecule has 1 aromatic rings. The molecule has 1 saturated heterocycles. The molecule has 5 nitrogen and oxygen atoms in total. The molecule has 22 heavy (non-hydrogen) atoms. The third-order valence-corrected chi connectivity index (χ3v) is 5.55. The van der Waals surface area contributed by atoms with Gasteiger partial charge in [0, 0.05) is 24.0 Å². The molecule has 1 aromatic carbocycles. The van der Waals surface area contributed by atoms with Gasteiger partial charge in [-0.25, -0.2) is 5.01 Å². The number of fused-ring (bicyclic) bond motifs is 1. The van der Waals surface area contributed by atoms with E-state index in [0.29, 0.717) is 6.42 Å². The Bertz CT molecular complexity index is 611. The Morgan fingerprint density at radius 3 is 2.59 bits per heavy atom. The van der Waals surface area contributed by atoms with Crippen LogP contribution in [0, 0.1) is 0 Å². The van der Waals surface area contributed by atoms with Gasteiger partial charge in [-0.05, 0) is 49.9 Å². The van der Waals surface area contributed by atoms with Crippen LogP contribution in [0.4, 0.5) is 5.69 Å². The average molecular weight is 363 g/mol. The zero-order valence-corrected chi connectivity index (χ0v) is 14.0. The van der Waals surface area contributed by atoms with Crippen LogP contribution < -0.4 is 5.01 Å². The Labute approximate surface area is 138 Å². The summed E-state index contributed by atoms with van der Waals surface area (Å²) >= 11 is 3.46. The van der Waals surface area contributed by atoms with Gasteiger partial charge in [-0.2, -0.15) is 5.11 Å². The number of Topliss-reactive ketones (excluding diaryl/α,β-unsaturated/α-hetero) is 1. The van der Waals surface area contributed by atoms with E-state index in [2.05, 4.69) is 31.2 Å². The van der Waals surface area contributed by atoms with Crippen molar-refractivity contribution in [2.24, 2.45) is 10.3 Å². The van der Waals surface area contributed by atoms with Gasteiger partial charge in [0.15, 0.2) is 11.4 Å². The Morgan fingerprint density at radius 1 is 1.14 bits per heavy atom. The summed E-state index contributed by atoms with van der Waals surface area (Å²) < 4.78 is 1.02. The van der Waals surface area contributed by atoms with E-state index >= 15 is 0 Å². The van der Waals surface area contributed by atoms with Gasteiger partial charge in [0.1, 0.15) is 6.04 Å². The van der Waals surface area contributed by atoms with Crippen LogP contribution in [0.3, 0.4) is 0 Å². The summed E-state index contributed by atoms with van der Waals surface area (Å²) in [5.74, 6) is 0.276. The Hall–Kier alpha value is -1.27. The van der Waals surface area contributed by atoms with Crippen LogP contribution in [0.25, 0.3) is 0 Å². The van der Waals surface area contributed by atoms with Gasteiger partial charge in [-0.3, -0.25) is 9.69 Å². The summed E-state index contributed by atoms with van der Waals surface area (Å²) in [5, 5.41) is 10.8. The molecule has 2 fully saturated rings. The fourth-order valence-corrected chi connectivity index (χ4v) is 4.28. The third kappa shape index (κ3) is 1.97. The standard InChI is InChI=1S/C16H19BrN4O/c17-12-6-8-13(9-7-12)21-16(20-10-1-2-11-20)14(18-19-21)4-3-5-15(16)22/h6-9,14H,1-5,10-11H2/t14-,16-/m1/s1. The largest absolute Gasteiger partial charge is 0.295 e. The van der Waals surface area contributed by atoms with Crippen molar-refractivity contribution in [3.8, 4) is 0 Å². The van der Waals surface area contributed by atoms with Crippen LogP contribution in [0.1, 0.15) is 32.1 Å². The van der Waals surface area contributed by atoms with Crippen molar-refractivity contribution >= 4 is 27.4 Å². The Balaban J connectivity index is 1.80. The van der Waals surface area contributed by atoms with Crippen molar-refractivity contribution in [2.45, 2.75) is 43.8 Å². The second-order valence-corrected chi connectivity index (χ2v) is 7.16. The minimum atomic E-state index is -0.678. The van der Waals surface area contributed by atoms with Gasteiger partial charge < -0.3 is 0 Å². The average Bonchev–Trinajstić information content (AvgIpc) is 3.16. The lowest BCUT2D eigenvalue weighted by Gasteiger charge is -2.46. The Kier molecular flexibility index (Phi) is 3.53. The molecule has 0 aromatic heterocycles. The maximum absolute atomic E-state index is 13.0. The lowest BCUT2D eigenvalue weighted by molar-refractivity contribution is -0.133. The molecule has 0 amide bonds. The molecular weight excluding hydrogens is 344 g/mol.